The molecule has 1 aromatic heterocycles. The summed E-state index contributed by atoms with van der Waals surface area (Å²) in [7, 11) is 0. The first-order chi connectivity index (χ1) is 7.16. The van der Waals surface area contributed by atoms with Gasteiger partial charge in [0.1, 0.15) is 11.7 Å². The Bertz CT molecular complexity index is 379. The molecule has 1 fully saturated rings. The molecule has 1 unspecified atom stereocenters. The molecule has 1 aliphatic heterocycles. The van der Waals surface area contributed by atoms with Crippen molar-refractivity contribution in [2.24, 2.45) is 5.73 Å². The first kappa shape index (κ1) is 9.92. The lowest BCUT2D eigenvalue weighted by molar-refractivity contribution is 0.198. The van der Waals surface area contributed by atoms with Crippen LogP contribution in [0, 0.1) is 5.41 Å². The van der Waals surface area contributed by atoms with Gasteiger partial charge in [0.05, 0.1) is 6.10 Å². The topological polar surface area (TPSA) is 86.2 Å². The van der Waals surface area contributed by atoms with E-state index in [-0.39, 0.29) is 11.9 Å². The molecule has 1 aromatic rings. The highest BCUT2D eigenvalue weighted by molar-refractivity contribution is 5.95. The number of aliphatic hydroxyl groups is 1. The summed E-state index contributed by atoms with van der Waals surface area (Å²) in [5, 5.41) is 16.7. The first-order valence-electron chi connectivity index (χ1n) is 4.90. The van der Waals surface area contributed by atoms with Gasteiger partial charge in [0.25, 0.3) is 0 Å². The van der Waals surface area contributed by atoms with Gasteiger partial charge in [0.15, 0.2) is 0 Å². The van der Waals surface area contributed by atoms with Gasteiger partial charge in [-0.15, -0.1) is 0 Å². The number of pyridine rings is 1. The quantitative estimate of drug-likeness (QED) is 0.467. The van der Waals surface area contributed by atoms with Crippen molar-refractivity contribution in [2.75, 3.05) is 18.0 Å². The molecule has 0 aromatic carbocycles. The highest BCUT2D eigenvalue weighted by Crippen LogP contribution is 2.18. The number of amidine groups is 1. The standard InChI is InChI=1S/C10H14N4O/c11-10(12)7-1-3-13-9(5-7)14-4-2-8(15)6-14/h1,3,5,8,15H,2,4,6H2,(H3,11,12). The summed E-state index contributed by atoms with van der Waals surface area (Å²) < 4.78 is 0. The summed E-state index contributed by atoms with van der Waals surface area (Å²) in [5.74, 6) is 0.817. The largest absolute Gasteiger partial charge is 0.391 e. The maximum absolute atomic E-state index is 9.40. The third kappa shape index (κ3) is 2.07. The van der Waals surface area contributed by atoms with Crippen LogP contribution in [0.25, 0.3) is 0 Å². The number of nitrogens with two attached hydrogens (primary N) is 1. The van der Waals surface area contributed by atoms with E-state index in [0.717, 1.165) is 18.8 Å². The molecule has 1 aliphatic rings. The van der Waals surface area contributed by atoms with Crippen LogP contribution in [0.15, 0.2) is 18.3 Å². The van der Waals surface area contributed by atoms with E-state index in [9.17, 15) is 5.11 Å². The summed E-state index contributed by atoms with van der Waals surface area (Å²) >= 11 is 0. The van der Waals surface area contributed by atoms with Crippen molar-refractivity contribution in [1.29, 1.82) is 5.41 Å². The van der Waals surface area contributed by atoms with E-state index in [4.69, 9.17) is 11.1 Å². The van der Waals surface area contributed by atoms with Gasteiger partial charge in [-0.05, 0) is 18.6 Å². The van der Waals surface area contributed by atoms with Crippen molar-refractivity contribution in [2.45, 2.75) is 12.5 Å². The molecule has 0 saturated carbocycles. The van der Waals surface area contributed by atoms with Crippen LogP contribution in [-0.4, -0.2) is 35.1 Å². The minimum absolute atomic E-state index is 0.0402. The molecule has 0 radical (unpaired) electrons. The number of aliphatic hydroxyl groups excluding tert-OH is 1. The predicted octanol–water partition coefficient (Wildman–Crippen LogP) is -0.0633. The number of nitrogen functional groups attached to an aromatic ring is 1. The Morgan fingerprint density at radius 3 is 3.07 bits per heavy atom. The fourth-order valence-corrected chi connectivity index (χ4v) is 1.71. The zero-order valence-electron chi connectivity index (χ0n) is 8.35. The van der Waals surface area contributed by atoms with Crippen LogP contribution < -0.4 is 10.6 Å². The van der Waals surface area contributed by atoms with Crippen molar-refractivity contribution in [3.05, 3.63) is 23.9 Å². The number of nitrogens with one attached hydrogen (secondary N) is 1. The van der Waals surface area contributed by atoms with Crippen LogP contribution in [0.5, 0.6) is 0 Å². The van der Waals surface area contributed by atoms with E-state index in [2.05, 4.69) is 4.98 Å². The normalized spacial score (nSPS) is 20.6. The summed E-state index contributed by atoms with van der Waals surface area (Å²) in [5.41, 5.74) is 6.06. The average molecular weight is 206 g/mol. The molecule has 2 heterocycles. The van der Waals surface area contributed by atoms with Gasteiger partial charge in [-0.1, -0.05) is 0 Å². The van der Waals surface area contributed by atoms with Crippen LogP contribution in [-0.2, 0) is 0 Å². The van der Waals surface area contributed by atoms with Gasteiger partial charge in [0.2, 0.25) is 0 Å². The van der Waals surface area contributed by atoms with Gasteiger partial charge < -0.3 is 15.7 Å². The molecule has 0 aliphatic carbocycles. The lowest BCUT2D eigenvalue weighted by atomic mass is 10.2. The molecule has 1 saturated heterocycles. The summed E-state index contributed by atoms with van der Waals surface area (Å²) in [6.45, 7) is 1.41. The van der Waals surface area contributed by atoms with Crippen molar-refractivity contribution in [1.82, 2.24) is 4.98 Å². The van der Waals surface area contributed by atoms with Crippen LogP contribution in [0.3, 0.4) is 0 Å². The summed E-state index contributed by atoms with van der Waals surface area (Å²) in [6.07, 6.45) is 2.13. The molecule has 0 spiro atoms. The Labute approximate surface area is 88.0 Å². The van der Waals surface area contributed by atoms with Crippen LogP contribution in [0.1, 0.15) is 12.0 Å². The Morgan fingerprint density at radius 2 is 2.47 bits per heavy atom. The minimum Gasteiger partial charge on any atom is -0.391 e. The van der Waals surface area contributed by atoms with Crippen LogP contribution >= 0.6 is 0 Å². The van der Waals surface area contributed by atoms with Crippen LogP contribution in [0.4, 0.5) is 5.82 Å². The van der Waals surface area contributed by atoms with Crippen molar-refractivity contribution in [3.63, 3.8) is 0 Å². The Morgan fingerprint density at radius 1 is 1.67 bits per heavy atom. The maximum atomic E-state index is 9.40. The maximum Gasteiger partial charge on any atom is 0.129 e. The number of aromatic nitrogens is 1. The Hall–Kier alpha value is -1.62. The molecule has 4 N–H and O–H groups in total. The number of nitrogens with zero attached hydrogens (tertiary/aromatic N) is 2. The highest BCUT2D eigenvalue weighted by atomic mass is 16.3. The molecule has 5 heteroatoms. The van der Waals surface area contributed by atoms with Crippen molar-refractivity contribution >= 4 is 11.7 Å². The third-order valence-corrected chi connectivity index (χ3v) is 2.54. The zero-order valence-corrected chi connectivity index (χ0v) is 8.35. The molecule has 0 bridgehead atoms. The molecule has 1 atom stereocenters. The van der Waals surface area contributed by atoms with Gasteiger partial charge in [-0.2, -0.15) is 0 Å². The molecular weight excluding hydrogens is 192 g/mol. The van der Waals surface area contributed by atoms with E-state index in [1.807, 2.05) is 4.90 Å². The second-order valence-electron chi connectivity index (χ2n) is 3.70. The van der Waals surface area contributed by atoms with Crippen molar-refractivity contribution < 1.29 is 5.11 Å². The van der Waals surface area contributed by atoms with Gasteiger partial charge in [0, 0.05) is 24.8 Å². The smallest absolute Gasteiger partial charge is 0.129 e. The molecule has 5 nitrogen and oxygen atoms in total. The van der Waals surface area contributed by atoms with E-state index in [1.165, 1.54) is 0 Å². The Kier molecular flexibility index (Phi) is 2.55. The average Bonchev–Trinajstić information content (AvgIpc) is 2.65. The SMILES string of the molecule is N=C(N)c1ccnc(N2CCC(O)C2)c1. The molecular formula is C10H14N4O. The number of hydrogen-bond acceptors (Lipinski definition) is 4. The second kappa shape index (κ2) is 3.86. The summed E-state index contributed by atoms with van der Waals surface area (Å²) in [4.78, 5) is 6.20. The molecule has 2 rings (SSSR count). The van der Waals surface area contributed by atoms with E-state index in [1.54, 1.807) is 18.3 Å². The van der Waals surface area contributed by atoms with Gasteiger partial charge in [-0.3, -0.25) is 5.41 Å². The third-order valence-electron chi connectivity index (χ3n) is 2.54. The second-order valence-corrected chi connectivity index (χ2v) is 3.70. The predicted molar refractivity (Wildman–Crippen MR) is 58.1 cm³/mol. The number of β-amino-alcohol motifs (C(OH)–C–C–N with tert-alkyl or cyclic N) is 1. The van der Waals surface area contributed by atoms with E-state index < -0.39 is 0 Å². The molecule has 0 amide bonds. The lowest BCUT2D eigenvalue weighted by Gasteiger charge is -2.16. The number of anilines is 1. The van der Waals surface area contributed by atoms with Crippen molar-refractivity contribution in [3.8, 4) is 0 Å². The first-order valence-corrected chi connectivity index (χ1v) is 4.90. The van der Waals surface area contributed by atoms with E-state index >= 15 is 0 Å². The monoisotopic (exact) mass is 206 g/mol. The fourth-order valence-electron chi connectivity index (χ4n) is 1.71. The highest BCUT2D eigenvalue weighted by Gasteiger charge is 2.21. The molecule has 80 valence electrons. The van der Waals surface area contributed by atoms with Gasteiger partial charge >= 0.3 is 0 Å². The summed E-state index contributed by atoms with van der Waals surface area (Å²) in [6, 6.07) is 3.48. The zero-order chi connectivity index (χ0) is 10.8. The number of hydrogen-bond donors (Lipinski definition) is 3. The minimum atomic E-state index is -0.271. The number of rotatable bonds is 2. The van der Waals surface area contributed by atoms with Gasteiger partial charge in [-0.25, -0.2) is 4.98 Å². The van der Waals surface area contributed by atoms with Crippen LogP contribution in [0.2, 0.25) is 0 Å². The van der Waals surface area contributed by atoms with E-state index in [0.29, 0.717) is 12.1 Å². The molecule has 15 heavy (non-hydrogen) atoms. The lowest BCUT2D eigenvalue weighted by Crippen LogP contribution is -2.23. The Balaban J connectivity index is 2.21. The fraction of sp³-hybridized carbons (Fsp3) is 0.400.